The fourth-order valence-corrected chi connectivity index (χ4v) is 5.13. The number of nitrogens with two attached hydrogens (primary N) is 1. The largest absolute Gasteiger partial charge is 0.464 e. The predicted molar refractivity (Wildman–Crippen MR) is 172 cm³/mol. The number of hydrogen-bond acceptors (Lipinski definition) is 7. The summed E-state index contributed by atoms with van der Waals surface area (Å²) in [4.78, 5) is 46.1. The summed E-state index contributed by atoms with van der Waals surface area (Å²) in [5.74, 6) is -0.770. The molecule has 248 valence electrons. The summed E-state index contributed by atoms with van der Waals surface area (Å²) in [6.07, 6.45) is 25.6. The molecule has 0 fully saturated rings. The van der Waals surface area contributed by atoms with E-state index < -0.39 is 6.04 Å². The van der Waals surface area contributed by atoms with Gasteiger partial charge in [0, 0.05) is 31.2 Å². The number of rotatable bonds is 29. The highest BCUT2D eigenvalue weighted by Gasteiger charge is 2.22. The molecule has 0 spiro atoms. The van der Waals surface area contributed by atoms with Crippen LogP contribution in [0.4, 0.5) is 0 Å². The van der Waals surface area contributed by atoms with Crippen LogP contribution in [0.3, 0.4) is 0 Å². The van der Waals surface area contributed by atoms with E-state index in [1.165, 1.54) is 81.9 Å². The summed E-state index contributed by atoms with van der Waals surface area (Å²) in [5, 5.41) is 0. The topological polar surface area (TPSA) is 128 Å². The second kappa shape index (κ2) is 27.2. The Hall–Kier alpha value is -2.42. The molecule has 1 rings (SSSR count). The van der Waals surface area contributed by atoms with E-state index in [2.05, 4.69) is 23.8 Å². The van der Waals surface area contributed by atoms with Gasteiger partial charge in [0.1, 0.15) is 13.2 Å². The molecule has 0 bridgehead atoms. The predicted octanol–water partition coefficient (Wildman–Crippen LogP) is 7.04. The smallest absolute Gasteiger partial charge is 0.305 e. The minimum Gasteiger partial charge on any atom is -0.464 e. The van der Waals surface area contributed by atoms with Gasteiger partial charge in [-0.1, -0.05) is 117 Å². The number of hydrogen-bond donors (Lipinski definition) is 2. The van der Waals surface area contributed by atoms with Crippen molar-refractivity contribution >= 4 is 17.8 Å². The Balaban J connectivity index is 2.33. The summed E-state index contributed by atoms with van der Waals surface area (Å²) >= 11 is 0. The standard InChI is InChI=1S/C34H62N4O5/c1-3-5-7-9-11-13-15-17-19-21-32(39)42-25-23-38(34(41)31(35)27-30-28-36-29-37-30)24-26-43-33(40)22-20-18-16-14-12-10-8-6-4-2/h28-29,31H,3-27,35H2,1-2H3,(H,36,37). The second-order valence-electron chi connectivity index (χ2n) is 11.8. The van der Waals surface area contributed by atoms with Gasteiger partial charge in [0.15, 0.2) is 0 Å². The normalized spacial score (nSPS) is 11.8. The van der Waals surface area contributed by atoms with E-state index in [0.29, 0.717) is 19.3 Å². The Kier molecular flexibility index (Phi) is 24.4. The Morgan fingerprint density at radius 2 is 1.14 bits per heavy atom. The minimum absolute atomic E-state index is 0.0885. The number of H-pyrrole nitrogens is 1. The molecule has 1 heterocycles. The van der Waals surface area contributed by atoms with E-state index in [1.807, 2.05) is 0 Å². The maximum atomic E-state index is 13.1. The van der Waals surface area contributed by atoms with Crippen molar-refractivity contribution in [3.8, 4) is 0 Å². The van der Waals surface area contributed by atoms with Gasteiger partial charge in [-0.15, -0.1) is 0 Å². The van der Waals surface area contributed by atoms with Gasteiger partial charge in [0.05, 0.1) is 25.5 Å². The van der Waals surface area contributed by atoms with E-state index in [1.54, 1.807) is 12.5 Å². The molecule has 1 amide bonds. The molecule has 1 aromatic heterocycles. The summed E-state index contributed by atoms with van der Waals surface area (Å²) in [5.41, 5.74) is 6.96. The fourth-order valence-electron chi connectivity index (χ4n) is 5.13. The lowest BCUT2D eigenvalue weighted by atomic mass is 10.1. The summed E-state index contributed by atoms with van der Waals surface area (Å²) in [7, 11) is 0. The van der Waals surface area contributed by atoms with Crippen molar-refractivity contribution in [3.05, 3.63) is 18.2 Å². The number of ether oxygens (including phenoxy) is 2. The number of amides is 1. The van der Waals surface area contributed by atoms with Crippen LogP contribution in [0.5, 0.6) is 0 Å². The average Bonchev–Trinajstić information content (AvgIpc) is 3.51. The van der Waals surface area contributed by atoms with E-state index in [9.17, 15) is 14.4 Å². The maximum Gasteiger partial charge on any atom is 0.305 e. The zero-order chi connectivity index (χ0) is 31.4. The number of nitrogens with one attached hydrogen (secondary N) is 1. The van der Waals surface area contributed by atoms with Crippen LogP contribution < -0.4 is 5.73 Å². The summed E-state index contributed by atoms with van der Waals surface area (Å²) in [6, 6.07) is -0.782. The zero-order valence-electron chi connectivity index (χ0n) is 27.4. The van der Waals surface area contributed by atoms with Gasteiger partial charge in [0.25, 0.3) is 0 Å². The Labute approximate surface area is 261 Å². The van der Waals surface area contributed by atoms with Crippen LogP contribution in [0.2, 0.25) is 0 Å². The van der Waals surface area contributed by atoms with Gasteiger partial charge >= 0.3 is 11.9 Å². The van der Waals surface area contributed by atoms with Crippen molar-refractivity contribution in [2.45, 2.75) is 155 Å². The molecule has 0 saturated carbocycles. The number of nitrogens with zero attached hydrogens (tertiary/aromatic N) is 2. The van der Waals surface area contributed by atoms with Crippen molar-refractivity contribution < 1.29 is 23.9 Å². The van der Waals surface area contributed by atoms with Crippen molar-refractivity contribution in [3.63, 3.8) is 0 Å². The van der Waals surface area contributed by atoms with Crippen LogP contribution in [0.1, 0.15) is 148 Å². The molecule has 1 atom stereocenters. The molecule has 9 heteroatoms. The maximum absolute atomic E-state index is 13.1. The van der Waals surface area contributed by atoms with Crippen LogP contribution in [0.25, 0.3) is 0 Å². The highest BCUT2D eigenvalue weighted by molar-refractivity contribution is 5.82. The average molecular weight is 607 g/mol. The molecular weight excluding hydrogens is 544 g/mol. The second-order valence-corrected chi connectivity index (χ2v) is 11.8. The monoisotopic (exact) mass is 606 g/mol. The van der Waals surface area contributed by atoms with Gasteiger partial charge in [-0.25, -0.2) is 4.98 Å². The number of aromatic amines is 1. The van der Waals surface area contributed by atoms with Gasteiger partial charge in [-0.05, 0) is 12.8 Å². The molecule has 43 heavy (non-hydrogen) atoms. The Morgan fingerprint density at radius 1 is 0.721 bits per heavy atom. The van der Waals surface area contributed by atoms with Gasteiger partial charge in [-0.2, -0.15) is 0 Å². The van der Waals surface area contributed by atoms with E-state index in [-0.39, 0.29) is 44.1 Å². The number of unbranched alkanes of at least 4 members (excludes halogenated alkanes) is 16. The van der Waals surface area contributed by atoms with Gasteiger partial charge in [0.2, 0.25) is 5.91 Å². The molecule has 0 aliphatic carbocycles. The minimum atomic E-state index is -0.782. The SMILES string of the molecule is CCCCCCCCCCCC(=O)OCCN(CCOC(=O)CCCCCCCCCCC)C(=O)C(N)Cc1cnc[nH]1. The third kappa shape index (κ3) is 21.8. The number of aromatic nitrogens is 2. The van der Waals surface area contributed by atoms with E-state index >= 15 is 0 Å². The highest BCUT2D eigenvalue weighted by atomic mass is 16.5. The number of esters is 2. The zero-order valence-corrected chi connectivity index (χ0v) is 27.4. The third-order valence-electron chi connectivity index (χ3n) is 7.84. The molecule has 0 aromatic carbocycles. The molecule has 0 radical (unpaired) electrons. The first kappa shape index (κ1) is 38.6. The molecular formula is C34H62N4O5. The first-order chi connectivity index (χ1) is 21.0. The lowest BCUT2D eigenvalue weighted by Crippen LogP contribution is -2.47. The molecule has 1 unspecified atom stereocenters. The Bertz CT molecular complexity index is 778. The molecule has 0 aliphatic rings. The van der Waals surface area contributed by atoms with Crippen LogP contribution in [-0.4, -0.2) is 65.1 Å². The van der Waals surface area contributed by atoms with Crippen molar-refractivity contribution in [1.29, 1.82) is 0 Å². The first-order valence-electron chi connectivity index (χ1n) is 17.3. The van der Waals surface area contributed by atoms with Crippen molar-refractivity contribution in [2.24, 2.45) is 5.73 Å². The molecule has 1 aromatic rings. The van der Waals surface area contributed by atoms with Gasteiger partial charge in [-0.3, -0.25) is 14.4 Å². The van der Waals surface area contributed by atoms with Crippen LogP contribution in [0.15, 0.2) is 12.5 Å². The van der Waals surface area contributed by atoms with E-state index in [4.69, 9.17) is 15.2 Å². The first-order valence-corrected chi connectivity index (χ1v) is 17.3. The lowest BCUT2D eigenvalue weighted by molar-refractivity contribution is -0.148. The highest BCUT2D eigenvalue weighted by Crippen LogP contribution is 2.12. The van der Waals surface area contributed by atoms with Crippen LogP contribution in [-0.2, 0) is 30.3 Å². The molecule has 0 saturated heterocycles. The Morgan fingerprint density at radius 3 is 1.53 bits per heavy atom. The van der Waals surface area contributed by atoms with Gasteiger partial charge < -0.3 is 25.1 Å². The molecule has 0 aliphatic heterocycles. The fraction of sp³-hybridized carbons (Fsp3) is 0.824. The molecule has 3 N–H and O–H groups in total. The third-order valence-corrected chi connectivity index (χ3v) is 7.84. The van der Waals surface area contributed by atoms with E-state index in [0.717, 1.165) is 44.2 Å². The number of carbonyl (C=O) groups excluding carboxylic acids is 3. The van der Waals surface area contributed by atoms with Crippen molar-refractivity contribution in [1.82, 2.24) is 14.9 Å². The number of carbonyl (C=O) groups is 3. The quantitative estimate of drug-likeness (QED) is 0.0740. The molecule has 9 nitrogen and oxygen atoms in total. The summed E-state index contributed by atoms with van der Waals surface area (Å²) < 4.78 is 10.8. The number of imidazole rings is 1. The summed E-state index contributed by atoms with van der Waals surface area (Å²) in [6.45, 7) is 5.03. The van der Waals surface area contributed by atoms with Crippen LogP contribution in [0, 0.1) is 0 Å². The van der Waals surface area contributed by atoms with Crippen LogP contribution >= 0.6 is 0 Å². The lowest BCUT2D eigenvalue weighted by Gasteiger charge is -2.25. The van der Waals surface area contributed by atoms with Crippen molar-refractivity contribution in [2.75, 3.05) is 26.3 Å².